The highest BCUT2D eigenvalue weighted by atomic mass is 19.3. The van der Waals surface area contributed by atoms with Crippen LogP contribution in [0.1, 0.15) is 33.7 Å². The second-order valence-corrected chi connectivity index (χ2v) is 6.50. The molecule has 2 N–H and O–H groups in total. The van der Waals surface area contributed by atoms with E-state index in [2.05, 4.69) is 10.6 Å². The van der Waals surface area contributed by atoms with E-state index in [9.17, 15) is 23.5 Å². The van der Waals surface area contributed by atoms with Crippen LogP contribution >= 0.6 is 0 Å². The highest BCUT2D eigenvalue weighted by Gasteiger charge is 2.39. The highest BCUT2D eigenvalue weighted by molar-refractivity contribution is 5.93. The van der Waals surface area contributed by atoms with Gasteiger partial charge < -0.3 is 5.11 Å². The van der Waals surface area contributed by atoms with Gasteiger partial charge in [-0.3, -0.25) is 14.3 Å². The zero-order valence-electron chi connectivity index (χ0n) is 14.6. The van der Waals surface area contributed by atoms with E-state index in [4.69, 9.17) is 4.84 Å². The maximum atomic E-state index is 13.7. The number of halogens is 2. The number of aryl methyl sites for hydroxylation is 1. The number of carboxylic acids is 1. The molecule has 1 unspecified atom stereocenters. The molecular formula is C18H19F2N3O4. The Balaban J connectivity index is 1.71. The Kier molecular flexibility index (Phi) is 5.22. The molecule has 0 saturated carbocycles. The van der Waals surface area contributed by atoms with Gasteiger partial charge in [-0.2, -0.15) is 5.10 Å². The minimum Gasteiger partial charge on any atom is -0.479 e. The molecule has 0 spiro atoms. The number of rotatable bonds is 6. The third-order valence-corrected chi connectivity index (χ3v) is 4.49. The molecule has 1 amide bonds. The topological polar surface area (TPSA) is 93.5 Å². The molecule has 7 nitrogen and oxygen atoms in total. The molecule has 1 aromatic heterocycles. The smallest absolute Gasteiger partial charge is 0.335 e. The largest absolute Gasteiger partial charge is 0.479 e. The molecule has 27 heavy (non-hydrogen) atoms. The normalized spacial score (nSPS) is 16.4. The number of carboxylic acid groups (broad SMARTS) is 1. The number of hydrogen-bond acceptors (Lipinski definition) is 4. The predicted molar refractivity (Wildman–Crippen MR) is 90.3 cm³/mol. The fraction of sp³-hybridized carbons (Fsp3) is 0.389. The number of nitrogens with zero attached hydrogens (tertiary/aromatic N) is 2. The van der Waals surface area contributed by atoms with Crippen molar-refractivity contribution in [3.8, 4) is 0 Å². The van der Waals surface area contributed by atoms with Crippen molar-refractivity contribution in [3.05, 3.63) is 52.8 Å². The molecular weight excluding hydrogens is 360 g/mol. The van der Waals surface area contributed by atoms with Gasteiger partial charge in [-0.1, -0.05) is 30.3 Å². The fourth-order valence-corrected chi connectivity index (χ4v) is 3.11. The Morgan fingerprint density at radius 2 is 2.07 bits per heavy atom. The lowest BCUT2D eigenvalue weighted by atomic mass is 9.92. The SMILES string of the molecule is Cn1nc(C(=O)NOC(Cc2ccccc2)C(=O)O)c2c1CCC(F)(F)C2. The van der Waals surface area contributed by atoms with E-state index < -0.39 is 30.3 Å². The summed E-state index contributed by atoms with van der Waals surface area (Å²) in [5, 5.41) is 13.3. The predicted octanol–water partition coefficient (Wildman–Crippen LogP) is 1.90. The molecule has 0 bridgehead atoms. The van der Waals surface area contributed by atoms with Crippen LogP contribution in [0.15, 0.2) is 30.3 Å². The van der Waals surface area contributed by atoms with Crippen LogP contribution in [0.5, 0.6) is 0 Å². The van der Waals surface area contributed by atoms with Crippen LogP contribution in [0.4, 0.5) is 8.78 Å². The van der Waals surface area contributed by atoms with Gasteiger partial charge in [0.2, 0.25) is 0 Å². The van der Waals surface area contributed by atoms with Gasteiger partial charge in [-0.25, -0.2) is 19.1 Å². The van der Waals surface area contributed by atoms with Gasteiger partial charge in [0.1, 0.15) is 0 Å². The third kappa shape index (κ3) is 4.30. The van der Waals surface area contributed by atoms with Crippen molar-refractivity contribution in [2.45, 2.75) is 37.7 Å². The number of hydroxylamine groups is 1. The first-order chi connectivity index (χ1) is 12.8. The van der Waals surface area contributed by atoms with E-state index in [-0.39, 0.29) is 30.5 Å². The average molecular weight is 379 g/mol. The molecule has 1 aliphatic rings. The molecule has 1 aromatic carbocycles. The Hall–Kier alpha value is -2.81. The van der Waals surface area contributed by atoms with Crippen molar-refractivity contribution in [1.82, 2.24) is 15.3 Å². The molecule has 0 fully saturated rings. The van der Waals surface area contributed by atoms with E-state index in [0.29, 0.717) is 11.3 Å². The van der Waals surface area contributed by atoms with E-state index in [1.807, 2.05) is 0 Å². The van der Waals surface area contributed by atoms with Crippen LogP contribution in [0, 0.1) is 0 Å². The van der Waals surface area contributed by atoms with Crippen molar-refractivity contribution in [3.63, 3.8) is 0 Å². The summed E-state index contributed by atoms with van der Waals surface area (Å²) in [5.41, 5.74) is 3.34. The van der Waals surface area contributed by atoms with Crippen LogP contribution in [0.2, 0.25) is 0 Å². The van der Waals surface area contributed by atoms with Crippen LogP contribution in [-0.2, 0) is 35.9 Å². The van der Waals surface area contributed by atoms with Gasteiger partial charge in [0, 0.05) is 37.6 Å². The van der Waals surface area contributed by atoms with Gasteiger partial charge in [0.25, 0.3) is 11.8 Å². The van der Waals surface area contributed by atoms with Crippen molar-refractivity contribution in [2.24, 2.45) is 7.05 Å². The minimum atomic E-state index is -2.90. The Morgan fingerprint density at radius 3 is 2.74 bits per heavy atom. The van der Waals surface area contributed by atoms with Crippen LogP contribution in [-0.4, -0.2) is 38.8 Å². The van der Waals surface area contributed by atoms with Crippen molar-refractivity contribution < 1.29 is 28.3 Å². The summed E-state index contributed by atoms with van der Waals surface area (Å²) in [6.45, 7) is 0. The number of carbonyl (C=O) groups is 2. The number of fused-ring (bicyclic) bond motifs is 1. The zero-order valence-corrected chi connectivity index (χ0v) is 14.6. The number of aromatic nitrogens is 2. The fourth-order valence-electron chi connectivity index (χ4n) is 3.11. The lowest BCUT2D eigenvalue weighted by molar-refractivity contribution is -0.153. The summed E-state index contributed by atoms with van der Waals surface area (Å²) in [6, 6.07) is 8.78. The summed E-state index contributed by atoms with van der Waals surface area (Å²) in [6.07, 6.45) is -2.04. The monoisotopic (exact) mass is 379 g/mol. The molecule has 0 radical (unpaired) electrons. The highest BCUT2D eigenvalue weighted by Crippen LogP contribution is 2.34. The third-order valence-electron chi connectivity index (χ3n) is 4.49. The quantitative estimate of drug-likeness (QED) is 0.748. The Labute approximate surface area is 153 Å². The standard InChI is InChI=1S/C18H19F2N3O4/c1-23-13-7-8-18(19,20)10-12(13)15(21-23)16(24)22-27-14(17(25)26)9-11-5-3-2-4-6-11/h2-6,14H,7-10H2,1H3,(H,22,24)(H,25,26). The molecule has 0 aliphatic heterocycles. The Bertz CT molecular complexity index is 852. The van der Waals surface area contributed by atoms with Gasteiger partial charge in [0.05, 0.1) is 0 Å². The molecule has 1 aliphatic carbocycles. The van der Waals surface area contributed by atoms with E-state index in [1.165, 1.54) is 4.68 Å². The number of amides is 1. The summed E-state index contributed by atoms with van der Waals surface area (Å²) in [4.78, 5) is 28.8. The lowest BCUT2D eigenvalue weighted by Gasteiger charge is -2.22. The molecule has 3 rings (SSSR count). The maximum absolute atomic E-state index is 13.7. The van der Waals surface area contributed by atoms with Gasteiger partial charge in [-0.15, -0.1) is 0 Å². The average Bonchev–Trinajstić information content (AvgIpc) is 2.93. The maximum Gasteiger partial charge on any atom is 0.335 e. The summed E-state index contributed by atoms with van der Waals surface area (Å²) in [7, 11) is 1.58. The van der Waals surface area contributed by atoms with Crippen LogP contribution < -0.4 is 5.48 Å². The molecule has 144 valence electrons. The number of nitrogens with one attached hydrogen (secondary N) is 1. The molecule has 9 heteroatoms. The van der Waals surface area contributed by atoms with Crippen LogP contribution in [0.3, 0.4) is 0 Å². The van der Waals surface area contributed by atoms with Gasteiger partial charge in [-0.05, 0) is 12.0 Å². The second-order valence-electron chi connectivity index (χ2n) is 6.50. The van der Waals surface area contributed by atoms with Gasteiger partial charge in [0.15, 0.2) is 11.8 Å². The summed E-state index contributed by atoms with van der Waals surface area (Å²) in [5.74, 6) is -5.00. The van der Waals surface area contributed by atoms with E-state index >= 15 is 0 Å². The zero-order chi connectivity index (χ0) is 19.6. The number of carbonyl (C=O) groups excluding carboxylic acids is 1. The first-order valence-electron chi connectivity index (χ1n) is 8.42. The molecule has 1 atom stereocenters. The minimum absolute atomic E-state index is 0.0366. The lowest BCUT2D eigenvalue weighted by Crippen LogP contribution is -2.36. The number of alkyl halides is 2. The van der Waals surface area contributed by atoms with Crippen LogP contribution in [0.25, 0.3) is 0 Å². The van der Waals surface area contributed by atoms with E-state index in [1.54, 1.807) is 37.4 Å². The summed E-state index contributed by atoms with van der Waals surface area (Å²) < 4.78 is 28.8. The Morgan fingerprint density at radius 1 is 1.37 bits per heavy atom. The molecule has 0 saturated heterocycles. The summed E-state index contributed by atoms with van der Waals surface area (Å²) >= 11 is 0. The second kappa shape index (κ2) is 7.43. The van der Waals surface area contributed by atoms with Crippen molar-refractivity contribution >= 4 is 11.9 Å². The van der Waals surface area contributed by atoms with Crippen molar-refractivity contribution in [1.29, 1.82) is 0 Å². The molecule has 1 heterocycles. The first-order valence-corrected chi connectivity index (χ1v) is 8.42. The number of benzene rings is 1. The van der Waals surface area contributed by atoms with E-state index in [0.717, 1.165) is 0 Å². The first kappa shape index (κ1) is 19.0. The van der Waals surface area contributed by atoms with Crippen molar-refractivity contribution in [2.75, 3.05) is 0 Å². The molecule has 2 aromatic rings. The number of aliphatic carboxylic acids is 1. The number of hydrogen-bond donors (Lipinski definition) is 2. The van der Waals surface area contributed by atoms with Gasteiger partial charge >= 0.3 is 5.97 Å².